The van der Waals surface area contributed by atoms with Crippen molar-refractivity contribution in [3.05, 3.63) is 77.4 Å². The van der Waals surface area contributed by atoms with E-state index < -0.39 is 0 Å². The third-order valence-corrected chi connectivity index (χ3v) is 5.34. The standard InChI is InChI=1S/C21H23ClFNO5.C5H7F.C2H6/c1-26-19-10-21(20(29-14-25)9-18(19)22)28-13-17-12-24(7-2-8-27-17)11-15-3-5-16(23)6-4-15;1-3-5(6)4-2;1-2/h3-6,9-10,14,17H,2,7-8,11-13H2,1H3;3-4H,1H2,2H3;1-2H3/b;5-4+;. The molecule has 204 valence electrons. The number of carbonyl (C=O) groups is 1. The summed E-state index contributed by atoms with van der Waals surface area (Å²) in [4.78, 5) is 13.0. The van der Waals surface area contributed by atoms with Crippen molar-refractivity contribution in [2.24, 2.45) is 0 Å². The Kier molecular flexibility index (Phi) is 15.9. The van der Waals surface area contributed by atoms with Gasteiger partial charge in [0.1, 0.15) is 30.1 Å². The maximum Gasteiger partial charge on any atom is 0.298 e. The Morgan fingerprint density at radius 3 is 2.49 bits per heavy atom. The Labute approximate surface area is 223 Å². The number of rotatable bonds is 9. The number of carbonyl (C=O) groups excluding carboxylic acids is 1. The normalized spacial score (nSPS) is 15.6. The van der Waals surface area contributed by atoms with E-state index in [9.17, 15) is 13.6 Å². The Balaban J connectivity index is 0.000000752. The topological polar surface area (TPSA) is 57.2 Å². The first kappa shape index (κ1) is 32.1. The molecule has 1 heterocycles. The van der Waals surface area contributed by atoms with Gasteiger partial charge in [0, 0.05) is 38.4 Å². The molecule has 1 unspecified atom stereocenters. The number of nitrogens with zero attached hydrogens (tertiary/aromatic N) is 1. The van der Waals surface area contributed by atoms with Gasteiger partial charge in [0.2, 0.25) is 0 Å². The van der Waals surface area contributed by atoms with E-state index in [1.807, 2.05) is 13.8 Å². The summed E-state index contributed by atoms with van der Waals surface area (Å²) >= 11 is 6.08. The third-order valence-electron chi connectivity index (χ3n) is 5.04. The Morgan fingerprint density at radius 1 is 1.22 bits per heavy atom. The molecule has 2 aromatic rings. The number of hydrogen-bond acceptors (Lipinski definition) is 6. The van der Waals surface area contributed by atoms with Crippen LogP contribution in [0, 0.1) is 5.82 Å². The summed E-state index contributed by atoms with van der Waals surface area (Å²) in [5.41, 5.74) is 1.04. The first-order chi connectivity index (χ1) is 17.9. The first-order valence-corrected chi connectivity index (χ1v) is 12.4. The molecule has 3 rings (SSSR count). The maximum absolute atomic E-state index is 13.1. The van der Waals surface area contributed by atoms with Crippen molar-refractivity contribution in [2.45, 2.75) is 39.8 Å². The van der Waals surface area contributed by atoms with Crippen molar-refractivity contribution in [2.75, 3.05) is 33.4 Å². The lowest BCUT2D eigenvalue weighted by molar-refractivity contribution is -0.120. The molecule has 0 amide bonds. The van der Waals surface area contributed by atoms with Gasteiger partial charge in [-0.05, 0) is 37.1 Å². The zero-order chi connectivity index (χ0) is 27.6. The smallest absolute Gasteiger partial charge is 0.298 e. The average Bonchev–Trinajstić information content (AvgIpc) is 3.15. The molecule has 1 aliphatic rings. The molecule has 37 heavy (non-hydrogen) atoms. The van der Waals surface area contributed by atoms with Crippen LogP contribution in [0.3, 0.4) is 0 Å². The van der Waals surface area contributed by atoms with Crippen LogP contribution in [0.15, 0.2) is 61.0 Å². The van der Waals surface area contributed by atoms with E-state index in [0.29, 0.717) is 42.7 Å². The summed E-state index contributed by atoms with van der Waals surface area (Å²) in [6, 6.07) is 9.55. The van der Waals surface area contributed by atoms with Gasteiger partial charge in [-0.1, -0.05) is 50.2 Å². The molecule has 0 radical (unpaired) electrons. The SMILES string of the molecule is C=C/C(F)=C\C.CC.COc1cc(OCC2CN(Cc3ccc(F)cc3)CCCO2)c(OC=O)cc1Cl. The average molecular weight is 540 g/mol. The molecule has 1 atom stereocenters. The molecule has 1 fully saturated rings. The highest BCUT2D eigenvalue weighted by molar-refractivity contribution is 6.32. The van der Waals surface area contributed by atoms with Crippen LogP contribution in [-0.2, 0) is 16.1 Å². The van der Waals surface area contributed by atoms with Crippen molar-refractivity contribution in [1.29, 1.82) is 0 Å². The lowest BCUT2D eigenvalue weighted by atomic mass is 10.2. The summed E-state index contributed by atoms with van der Waals surface area (Å²) in [6.45, 7) is 12.3. The second-order valence-corrected chi connectivity index (χ2v) is 7.95. The van der Waals surface area contributed by atoms with Crippen molar-refractivity contribution in [3.63, 3.8) is 0 Å². The zero-order valence-electron chi connectivity index (χ0n) is 21.8. The van der Waals surface area contributed by atoms with E-state index in [1.54, 1.807) is 25.1 Å². The van der Waals surface area contributed by atoms with E-state index >= 15 is 0 Å². The Hall–Kier alpha value is -2.94. The van der Waals surface area contributed by atoms with Gasteiger partial charge in [-0.2, -0.15) is 0 Å². The van der Waals surface area contributed by atoms with Crippen LogP contribution in [0.5, 0.6) is 17.2 Å². The summed E-state index contributed by atoms with van der Waals surface area (Å²) in [5, 5.41) is 0.313. The molecular weight excluding hydrogens is 504 g/mol. The number of methoxy groups -OCH3 is 1. The van der Waals surface area contributed by atoms with Crippen molar-refractivity contribution < 1.29 is 32.5 Å². The zero-order valence-corrected chi connectivity index (χ0v) is 22.6. The van der Waals surface area contributed by atoms with Gasteiger partial charge in [-0.15, -0.1) is 0 Å². The minimum Gasteiger partial charge on any atom is -0.495 e. The van der Waals surface area contributed by atoms with E-state index in [1.165, 1.54) is 37.5 Å². The maximum atomic E-state index is 13.1. The fourth-order valence-electron chi connectivity index (χ4n) is 3.29. The molecule has 1 saturated heterocycles. The second-order valence-electron chi connectivity index (χ2n) is 7.54. The minimum absolute atomic E-state index is 0.177. The van der Waals surface area contributed by atoms with Crippen molar-refractivity contribution in [3.8, 4) is 17.2 Å². The molecule has 0 spiro atoms. The summed E-state index contributed by atoms with van der Waals surface area (Å²) in [7, 11) is 1.49. The molecule has 6 nitrogen and oxygen atoms in total. The van der Waals surface area contributed by atoms with Crippen LogP contribution in [0.4, 0.5) is 8.78 Å². The highest BCUT2D eigenvalue weighted by atomic mass is 35.5. The molecule has 0 saturated carbocycles. The molecule has 0 N–H and O–H groups in total. The summed E-state index contributed by atoms with van der Waals surface area (Å²) < 4.78 is 46.7. The van der Waals surface area contributed by atoms with Crippen LogP contribution in [0.1, 0.15) is 32.8 Å². The lowest BCUT2D eigenvalue weighted by Crippen LogP contribution is -2.35. The number of allylic oxidation sites excluding steroid dienone is 3. The number of hydrogen-bond donors (Lipinski definition) is 0. The molecule has 9 heteroatoms. The van der Waals surface area contributed by atoms with Gasteiger partial charge < -0.3 is 18.9 Å². The fourth-order valence-corrected chi connectivity index (χ4v) is 3.52. The largest absolute Gasteiger partial charge is 0.495 e. The molecule has 2 aromatic carbocycles. The van der Waals surface area contributed by atoms with Crippen LogP contribution < -0.4 is 14.2 Å². The van der Waals surface area contributed by atoms with Crippen LogP contribution in [0.2, 0.25) is 5.02 Å². The molecule has 0 aromatic heterocycles. The van der Waals surface area contributed by atoms with Crippen LogP contribution >= 0.6 is 11.6 Å². The van der Waals surface area contributed by atoms with E-state index in [0.717, 1.165) is 18.5 Å². The van der Waals surface area contributed by atoms with Crippen LogP contribution in [-0.4, -0.2) is 50.9 Å². The lowest BCUT2D eigenvalue weighted by Gasteiger charge is -2.24. The minimum atomic E-state index is -0.269. The van der Waals surface area contributed by atoms with E-state index in [4.69, 9.17) is 30.5 Å². The van der Waals surface area contributed by atoms with E-state index in [2.05, 4.69) is 11.5 Å². The van der Waals surface area contributed by atoms with Gasteiger partial charge in [0.25, 0.3) is 6.47 Å². The van der Waals surface area contributed by atoms with Gasteiger partial charge in [0.15, 0.2) is 11.5 Å². The monoisotopic (exact) mass is 539 g/mol. The highest BCUT2D eigenvalue weighted by Gasteiger charge is 2.21. The Morgan fingerprint density at radius 2 is 1.92 bits per heavy atom. The first-order valence-electron chi connectivity index (χ1n) is 12.0. The van der Waals surface area contributed by atoms with E-state index in [-0.39, 0.29) is 30.1 Å². The Bertz CT molecular complexity index is 985. The molecule has 1 aliphatic heterocycles. The fraction of sp³-hybridized carbons (Fsp3) is 0.393. The van der Waals surface area contributed by atoms with Gasteiger partial charge in [0.05, 0.1) is 12.1 Å². The van der Waals surface area contributed by atoms with Gasteiger partial charge in [-0.25, -0.2) is 8.78 Å². The summed E-state index contributed by atoms with van der Waals surface area (Å²) in [6.07, 6.45) is 3.24. The summed E-state index contributed by atoms with van der Waals surface area (Å²) in [5.74, 6) is 0.458. The molecule has 0 aliphatic carbocycles. The highest BCUT2D eigenvalue weighted by Crippen LogP contribution is 2.37. The van der Waals surface area contributed by atoms with Crippen LogP contribution in [0.25, 0.3) is 0 Å². The van der Waals surface area contributed by atoms with Gasteiger partial charge in [-0.3, -0.25) is 9.69 Å². The predicted octanol–water partition coefficient (Wildman–Crippen LogP) is 6.76. The van der Waals surface area contributed by atoms with Gasteiger partial charge >= 0.3 is 0 Å². The van der Waals surface area contributed by atoms with Crippen molar-refractivity contribution >= 4 is 18.1 Å². The molecule has 0 bridgehead atoms. The quantitative estimate of drug-likeness (QED) is 0.259. The second kappa shape index (κ2) is 18.3. The number of benzene rings is 2. The van der Waals surface area contributed by atoms with Crippen molar-refractivity contribution in [1.82, 2.24) is 4.90 Å². The number of halogens is 3. The third kappa shape index (κ3) is 11.8. The molecular formula is C28H36ClF2NO5. The number of ether oxygens (including phenoxy) is 4. The predicted molar refractivity (Wildman–Crippen MR) is 143 cm³/mol.